The van der Waals surface area contributed by atoms with Gasteiger partial charge in [0.05, 0.1) is 43.7 Å². The van der Waals surface area contributed by atoms with Crippen LogP contribution in [0.1, 0.15) is 34.0 Å². The Kier molecular flexibility index (Phi) is 9.42. The number of methoxy groups -OCH3 is 1. The summed E-state index contributed by atoms with van der Waals surface area (Å²) < 4.78 is 16.7. The number of hydrogen-bond donors (Lipinski definition) is 2. The maximum atomic E-state index is 12.3. The van der Waals surface area contributed by atoms with Crippen LogP contribution >= 0.6 is 0 Å². The highest BCUT2D eigenvalue weighted by molar-refractivity contribution is 5.98. The van der Waals surface area contributed by atoms with Crippen molar-refractivity contribution in [3.05, 3.63) is 89.0 Å². The molecular weight excluding hydrogens is 460 g/mol. The van der Waals surface area contributed by atoms with Gasteiger partial charge in [0.15, 0.2) is 11.5 Å². The fraction of sp³-hybridized carbons (Fsp3) is 0.185. The topological polar surface area (TPSA) is 122 Å². The Labute approximate surface area is 209 Å². The molecule has 0 radical (unpaired) electrons. The molecular formula is C27H26N4O5. The minimum atomic E-state index is -0.490. The molecule has 184 valence electrons. The normalized spacial score (nSPS) is 10.4. The smallest absolute Gasteiger partial charge is 0.259 e. The second-order valence-electron chi connectivity index (χ2n) is 7.37. The highest BCUT2D eigenvalue weighted by Gasteiger charge is 2.12. The van der Waals surface area contributed by atoms with E-state index in [4.69, 9.17) is 14.2 Å². The molecule has 0 fully saturated rings. The van der Waals surface area contributed by atoms with Gasteiger partial charge in [0, 0.05) is 5.56 Å². The quantitative estimate of drug-likeness (QED) is 0.316. The van der Waals surface area contributed by atoms with Crippen LogP contribution in [0.5, 0.6) is 17.2 Å². The van der Waals surface area contributed by atoms with Gasteiger partial charge in [-0.15, -0.1) is 0 Å². The Balaban J connectivity index is 1.56. The lowest BCUT2D eigenvalue weighted by Gasteiger charge is -2.13. The van der Waals surface area contributed by atoms with E-state index in [1.54, 1.807) is 54.6 Å². The number of carbonyl (C=O) groups excluding carboxylic acids is 2. The van der Waals surface area contributed by atoms with E-state index in [9.17, 15) is 14.9 Å². The third-order valence-corrected chi connectivity index (χ3v) is 4.95. The Morgan fingerprint density at radius 3 is 2.56 bits per heavy atom. The number of ether oxygens (including phenoxy) is 3. The maximum Gasteiger partial charge on any atom is 0.259 e. The molecule has 0 aliphatic rings. The van der Waals surface area contributed by atoms with Crippen molar-refractivity contribution in [2.75, 3.05) is 20.3 Å². The lowest BCUT2D eigenvalue weighted by molar-refractivity contribution is -0.120. The number of nitriles is 1. The Bertz CT molecular complexity index is 1280. The molecule has 0 aromatic heterocycles. The third-order valence-electron chi connectivity index (χ3n) is 4.95. The summed E-state index contributed by atoms with van der Waals surface area (Å²) in [6, 6.07) is 21.3. The fourth-order valence-electron chi connectivity index (χ4n) is 3.21. The van der Waals surface area contributed by atoms with Crippen molar-refractivity contribution in [1.82, 2.24) is 10.7 Å². The van der Waals surface area contributed by atoms with Crippen LogP contribution in [0.25, 0.3) is 0 Å². The van der Waals surface area contributed by atoms with E-state index < -0.39 is 11.8 Å². The molecule has 9 nitrogen and oxygen atoms in total. The summed E-state index contributed by atoms with van der Waals surface area (Å²) in [6.45, 7) is 2.24. The van der Waals surface area contributed by atoms with Crippen LogP contribution in [0.4, 0.5) is 0 Å². The first-order valence-corrected chi connectivity index (χ1v) is 11.2. The van der Waals surface area contributed by atoms with Crippen molar-refractivity contribution < 1.29 is 23.8 Å². The lowest BCUT2D eigenvalue weighted by atomic mass is 10.1. The van der Waals surface area contributed by atoms with E-state index in [2.05, 4.69) is 21.9 Å². The highest BCUT2D eigenvalue weighted by Crippen LogP contribution is 2.29. The average molecular weight is 487 g/mol. The van der Waals surface area contributed by atoms with E-state index in [-0.39, 0.29) is 13.2 Å². The molecule has 0 saturated carbocycles. The predicted octanol–water partition coefficient (Wildman–Crippen LogP) is 3.42. The molecule has 0 unspecified atom stereocenters. The van der Waals surface area contributed by atoms with Crippen molar-refractivity contribution in [2.24, 2.45) is 5.10 Å². The summed E-state index contributed by atoms with van der Waals surface area (Å²) in [4.78, 5) is 24.4. The van der Waals surface area contributed by atoms with Crippen molar-refractivity contribution in [3.8, 4) is 23.3 Å². The molecule has 2 N–H and O–H groups in total. The molecule has 0 aliphatic carbocycles. The average Bonchev–Trinajstić information content (AvgIpc) is 2.91. The molecule has 0 saturated heterocycles. The third kappa shape index (κ3) is 7.08. The first-order valence-electron chi connectivity index (χ1n) is 11.2. The number of hydrazone groups is 1. The van der Waals surface area contributed by atoms with Crippen LogP contribution < -0.4 is 25.0 Å². The summed E-state index contributed by atoms with van der Waals surface area (Å²) in [5.41, 5.74) is 4.70. The predicted molar refractivity (Wildman–Crippen MR) is 134 cm³/mol. The second kappa shape index (κ2) is 13.2. The van der Waals surface area contributed by atoms with Gasteiger partial charge >= 0.3 is 0 Å². The van der Waals surface area contributed by atoms with Gasteiger partial charge in [0.1, 0.15) is 12.4 Å². The first-order chi connectivity index (χ1) is 17.5. The zero-order valence-corrected chi connectivity index (χ0v) is 20.0. The SMILES string of the molecule is CCOc1cc(C=NNC(=O)CNC(=O)c2ccccc2OC)ccc1OCc1ccccc1C#N. The monoisotopic (exact) mass is 486 g/mol. The number of benzene rings is 3. The van der Waals surface area contributed by atoms with Gasteiger partial charge < -0.3 is 19.5 Å². The van der Waals surface area contributed by atoms with Gasteiger partial charge in [-0.05, 0) is 48.9 Å². The molecule has 36 heavy (non-hydrogen) atoms. The zero-order chi connectivity index (χ0) is 25.8. The molecule has 3 rings (SSSR count). The molecule has 3 aromatic carbocycles. The van der Waals surface area contributed by atoms with Crippen LogP contribution in [0.3, 0.4) is 0 Å². The van der Waals surface area contributed by atoms with E-state index in [0.717, 1.165) is 5.56 Å². The van der Waals surface area contributed by atoms with Gasteiger partial charge in [0.2, 0.25) is 0 Å². The Morgan fingerprint density at radius 1 is 1.00 bits per heavy atom. The van der Waals surface area contributed by atoms with Gasteiger partial charge in [-0.3, -0.25) is 9.59 Å². The number of nitrogens with zero attached hydrogens (tertiary/aromatic N) is 2. The number of para-hydroxylation sites is 1. The number of rotatable bonds is 11. The molecule has 3 aromatic rings. The van der Waals surface area contributed by atoms with Gasteiger partial charge in [-0.2, -0.15) is 10.4 Å². The molecule has 0 heterocycles. The van der Waals surface area contributed by atoms with Crippen molar-refractivity contribution in [3.63, 3.8) is 0 Å². The van der Waals surface area contributed by atoms with Crippen LogP contribution in [0, 0.1) is 11.3 Å². The Hall–Kier alpha value is -4.84. The minimum absolute atomic E-state index is 0.216. The van der Waals surface area contributed by atoms with Gasteiger partial charge in [0.25, 0.3) is 11.8 Å². The Morgan fingerprint density at radius 2 is 1.78 bits per heavy atom. The lowest BCUT2D eigenvalue weighted by Crippen LogP contribution is -2.35. The van der Waals surface area contributed by atoms with Crippen LogP contribution in [-0.4, -0.2) is 38.3 Å². The summed E-state index contributed by atoms with van der Waals surface area (Å²) in [5, 5.41) is 15.7. The molecule has 0 bridgehead atoms. The van der Waals surface area contributed by atoms with Gasteiger partial charge in [-0.1, -0.05) is 30.3 Å². The molecule has 2 amide bonds. The summed E-state index contributed by atoms with van der Waals surface area (Å²) in [5.74, 6) is 0.521. The van der Waals surface area contributed by atoms with E-state index in [0.29, 0.717) is 40.5 Å². The van der Waals surface area contributed by atoms with Crippen molar-refractivity contribution in [1.29, 1.82) is 5.26 Å². The molecule has 0 atom stereocenters. The summed E-state index contributed by atoms with van der Waals surface area (Å²) in [7, 11) is 1.47. The molecule has 9 heteroatoms. The number of amides is 2. The number of carbonyl (C=O) groups is 2. The zero-order valence-electron chi connectivity index (χ0n) is 20.0. The largest absolute Gasteiger partial charge is 0.496 e. The van der Waals surface area contributed by atoms with Crippen molar-refractivity contribution in [2.45, 2.75) is 13.5 Å². The van der Waals surface area contributed by atoms with Crippen LogP contribution in [-0.2, 0) is 11.4 Å². The van der Waals surface area contributed by atoms with Crippen molar-refractivity contribution >= 4 is 18.0 Å². The fourth-order valence-corrected chi connectivity index (χ4v) is 3.21. The molecule has 0 spiro atoms. The highest BCUT2D eigenvalue weighted by atomic mass is 16.5. The number of nitrogens with one attached hydrogen (secondary N) is 2. The standard InChI is InChI=1S/C27H26N4O5/c1-3-35-25-14-19(12-13-24(25)36-18-21-9-5-4-8-20(21)15-28)16-30-31-26(32)17-29-27(33)22-10-6-7-11-23(22)34-2/h4-14,16H,3,17-18H2,1-2H3,(H,29,33)(H,31,32). The molecule has 0 aliphatic heterocycles. The van der Waals surface area contributed by atoms with E-state index in [1.165, 1.54) is 13.3 Å². The number of hydrogen-bond acceptors (Lipinski definition) is 7. The van der Waals surface area contributed by atoms with E-state index >= 15 is 0 Å². The van der Waals surface area contributed by atoms with E-state index in [1.807, 2.05) is 19.1 Å². The summed E-state index contributed by atoms with van der Waals surface area (Å²) >= 11 is 0. The van der Waals surface area contributed by atoms with Crippen LogP contribution in [0.15, 0.2) is 71.8 Å². The minimum Gasteiger partial charge on any atom is -0.496 e. The summed E-state index contributed by atoms with van der Waals surface area (Å²) in [6.07, 6.45) is 1.46. The maximum absolute atomic E-state index is 12.3. The second-order valence-corrected chi connectivity index (χ2v) is 7.37. The first kappa shape index (κ1) is 25.8. The van der Waals surface area contributed by atoms with Gasteiger partial charge in [-0.25, -0.2) is 5.43 Å². The van der Waals surface area contributed by atoms with Crippen LogP contribution in [0.2, 0.25) is 0 Å².